The maximum atomic E-state index is 11.7. The van der Waals surface area contributed by atoms with Crippen molar-refractivity contribution in [2.45, 2.75) is 5.92 Å². The average molecular weight is 308 g/mol. The Hall–Kier alpha value is -2.88. The number of ether oxygens (including phenoxy) is 2. The van der Waals surface area contributed by atoms with Crippen molar-refractivity contribution in [3.63, 3.8) is 0 Å². The zero-order chi connectivity index (χ0) is 16.2. The van der Waals surface area contributed by atoms with Crippen LogP contribution in [-0.2, 0) is 19.1 Å². The Morgan fingerprint density at radius 3 is 2.00 bits per heavy atom. The molecule has 2 aromatic carbocycles. The lowest BCUT2D eigenvalue weighted by molar-refractivity contribution is -0.167. The summed E-state index contributed by atoms with van der Waals surface area (Å²) in [5.74, 6) is -2.04. The van der Waals surface area contributed by atoms with Gasteiger partial charge in [0.2, 0.25) is 0 Å². The zero-order valence-electron chi connectivity index (χ0n) is 12.5. The first-order valence-electron chi connectivity index (χ1n) is 7.35. The summed E-state index contributed by atoms with van der Waals surface area (Å²) in [4.78, 5) is 23.2. The van der Waals surface area contributed by atoms with Gasteiger partial charge in [-0.2, -0.15) is 0 Å². The second-order valence-electron chi connectivity index (χ2n) is 5.21. The third-order valence-corrected chi connectivity index (χ3v) is 3.84. The molecule has 1 aliphatic rings. The van der Waals surface area contributed by atoms with Gasteiger partial charge in [0.1, 0.15) is 13.2 Å². The van der Waals surface area contributed by atoms with E-state index in [1.165, 1.54) is 6.08 Å². The molecule has 0 amide bonds. The van der Waals surface area contributed by atoms with Gasteiger partial charge in [-0.05, 0) is 22.3 Å². The van der Waals surface area contributed by atoms with Gasteiger partial charge in [0.05, 0.1) is 0 Å². The van der Waals surface area contributed by atoms with Gasteiger partial charge in [-0.25, -0.2) is 9.59 Å². The lowest BCUT2D eigenvalue weighted by atomic mass is 9.98. The van der Waals surface area contributed by atoms with Crippen LogP contribution >= 0.6 is 0 Å². The quantitative estimate of drug-likeness (QED) is 0.495. The highest BCUT2D eigenvalue weighted by Gasteiger charge is 2.30. The van der Waals surface area contributed by atoms with Crippen LogP contribution in [-0.4, -0.2) is 25.2 Å². The molecule has 0 saturated carbocycles. The molecule has 0 heterocycles. The third-order valence-electron chi connectivity index (χ3n) is 3.84. The SMILES string of the molecule is C=CCOC(=O)C(=O)OCC1c2ccccc2-c2ccccc21. The molecule has 0 radical (unpaired) electrons. The fourth-order valence-electron chi connectivity index (χ4n) is 2.85. The van der Waals surface area contributed by atoms with Gasteiger partial charge < -0.3 is 9.47 Å². The summed E-state index contributed by atoms with van der Waals surface area (Å²) in [5, 5.41) is 0. The number of rotatable bonds is 4. The largest absolute Gasteiger partial charge is 0.456 e. The van der Waals surface area contributed by atoms with E-state index in [1.54, 1.807) is 0 Å². The van der Waals surface area contributed by atoms with Gasteiger partial charge >= 0.3 is 11.9 Å². The van der Waals surface area contributed by atoms with Crippen molar-refractivity contribution in [1.82, 2.24) is 0 Å². The molecule has 4 heteroatoms. The van der Waals surface area contributed by atoms with E-state index >= 15 is 0 Å². The number of hydrogen-bond donors (Lipinski definition) is 0. The third kappa shape index (κ3) is 2.88. The first-order chi connectivity index (χ1) is 11.2. The molecule has 0 aromatic heterocycles. The van der Waals surface area contributed by atoms with Crippen LogP contribution in [0.25, 0.3) is 11.1 Å². The van der Waals surface area contributed by atoms with Gasteiger partial charge in [-0.15, -0.1) is 0 Å². The van der Waals surface area contributed by atoms with Gasteiger partial charge in [0.25, 0.3) is 0 Å². The molecule has 4 nitrogen and oxygen atoms in total. The lowest BCUT2D eigenvalue weighted by Crippen LogP contribution is -2.22. The maximum Gasteiger partial charge on any atom is 0.417 e. The summed E-state index contributed by atoms with van der Waals surface area (Å²) in [6.07, 6.45) is 1.40. The van der Waals surface area contributed by atoms with E-state index in [2.05, 4.69) is 11.3 Å². The summed E-state index contributed by atoms with van der Waals surface area (Å²) >= 11 is 0. The van der Waals surface area contributed by atoms with Gasteiger partial charge in [0, 0.05) is 5.92 Å². The van der Waals surface area contributed by atoms with Crippen molar-refractivity contribution in [2.75, 3.05) is 13.2 Å². The summed E-state index contributed by atoms with van der Waals surface area (Å²) in [7, 11) is 0. The molecule has 2 aromatic rings. The van der Waals surface area contributed by atoms with Crippen molar-refractivity contribution in [3.8, 4) is 11.1 Å². The predicted octanol–water partition coefficient (Wildman–Crippen LogP) is 3.07. The highest BCUT2D eigenvalue weighted by molar-refractivity contribution is 6.29. The molecule has 23 heavy (non-hydrogen) atoms. The molecule has 0 fully saturated rings. The standard InChI is InChI=1S/C19H16O4/c1-2-11-22-18(20)19(21)23-12-17-15-9-5-3-7-13(15)14-8-4-6-10-16(14)17/h2-10,17H,1,11-12H2. The molecule has 0 spiro atoms. The Kier molecular flexibility index (Phi) is 4.24. The molecule has 0 N–H and O–H groups in total. The van der Waals surface area contributed by atoms with Crippen LogP contribution in [0.4, 0.5) is 0 Å². The van der Waals surface area contributed by atoms with E-state index in [9.17, 15) is 9.59 Å². The van der Waals surface area contributed by atoms with Crippen LogP contribution in [0.2, 0.25) is 0 Å². The molecule has 0 atom stereocenters. The molecule has 0 saturated heterocycles. The van der Waals surface area contributed by atoms with Crippen molar-refractivity contribution < 1.29 is 19.1 Å². The zero-order valence-corrected chi connectivity index (χ0v) is 12.5. The normalized spacial score (nSPS) is 12.2. The Morgan fingerprint density at radius 2 is 1.43 bits per heavy atom. The predicted molar refractivity (Wildman–Crippen MR) is 85.8 cm³/mol. The van der Waals surface area contributed by atoms with E-state index in [4.69, 9.17) is 4.74 Å². The smallest absolute Gasteiger partial charge is 0.417 e. The van der Waals surface area contributed by atoms with Crippen LogP contribution in [0.1, 0.15) is 17.0 Å². The molecule has 0 unspecified atom stereocenters. The van der Waals surface area contributed by atoms with Crippen molar-refractivity contribution in [3.05, 3.63) is 72.3 Å². The average Bonchev–Trinajstić information content (AvgIpc) is 2.91. The molecule has 0 aliphatic heterocycles. The van der Waals surface area contributed by atoms with Gasteiger partial charge in [-0.1, -0.05) is 61.2 Å². The molecule has 0 bridgehead atoms. The Morgan fingerprint density at radius 1 is 0.913 bits per heavy atom. The van der Waals surface area contributed by atoms with Crippen LogP contribution in [0, 0.1) is 0 Å². The Balaban J connectivity index is 1.77. The van der Waals surface area contributed by atoms with E-state index in [0.29, 0.717) is 0 Å². The number of carbonyl (C=O) groups excluding carboxylic acids is 2. The molecule has 1 aliphatic carbocycles. The van der Waals surface area contributed by atoms with Gasteiger partial charge in [-0.3, -0.25) is 0 Å². The molecular weight excluding hydrogens is 292 g/mol. The van der Waals surface area contributed by atoms with Crippen molar-refractivity contribution in [1.29, 1.82) is 0 Å². The number of fused-ring (bicyclic) bond motifs is 3. The molecule has 116 valence electrons. The lowest BCUT2D eigenvalue weighted by Gasteiger charge is -2.13. The van der Waals surface area contributed by atoms with E-state index in [-0.39, 0.29) is 19.1 Å². The second-order valence-corrected chi connectivity index (χ2v) is 5.21. The van der Waals surface area contributed by atoms with Crippen LogP contribution in [0.3, 0.4) is 0 Å². The fraction of sp³-hybridized carbons (Fsp3) is 0.158. The first kappa shape index (κ1) is 15.0. The van der Waals surface area contributed by atoms with Crippen molar-refractivity contribution in [2.24, 2.45) is 0 Å². The Bertz CT molecular complexity index is 718. The van der Waals surface area contributed by atoms with E-state index in [1.807, 2.05) is 48.5 Å². The fourth-order valence-corrected chi connectivity index (χ4v) is 2.85. The molecule has 3 rings (SSSR count). The van der Waals surface area contributed by atoms with Crippen molar-refractivity contribution >= 4 is 11.9 Å². The molecular formula is C19H16O4. The number of carbonyl (C=O) groups is 2. The minimum absolute atomic E-state index is 0.0109. The highest BCUT2D eigenvalue weighted by atomic mass is 16.6. The summed E-state index contributed by atoms with van der Waals surface area (Å²) in [6, 6.07) is 16.0. The Labute approximate surface area is 134 Å². The maximum absolute atomic E-state index is 11.7. The monoisotopic (exact) mass is 308 g/mol. The van der Waals surface area contributed by atoms with Gasteiger partial charge in [0.15, 0.2) is 0 Å². The summed E-state index contributed by atoms with van der Waals surface area (Å²) in [5.41, 5.74) is 4.47. The first-order valence-corrected chi connectivity index (χ1v) is 7.35. The topological polar surface area (TPSA) is 52.6 Å². The van der Waals surface area contributed by atoms with E-state index in [0.717, 1.165) is 22.3 Å². The van der Waals surface area contributed by atoms with Crippen LogP contribution in [0.5, 0.6) is 0 Å². The van der Waals surface area contributed by atoms with Crippen LogP contribution < -0.4 is 0 Å². The summed E-state index contributed by atoms with van der Waals surface area (Å²) in [6.45, 7) is 3.52. The summed E-state index contributed by atoms with van der Waals surface area (Å²) < 4.78 is 9.83. The van der Waals surface area contributed by atoms with E-state index < -0.39 is 11.9 Å². The minimum Gasteiger partial charge on any atom is -0.456 e. The minimum atomic E-state index is -0.996. The second kappa shape index (κ2) is 6.48. The van der Waals surface area contributed by atoms with Crippen LogP contribution in [0.15, 0.2) is 61.2 Å². The number of hydrogen-bond acceptors (Lipinski definition) is 4. The highest BCUT2D eigenvalue weighted by Crippen LogP contribution is 2.44. The number of esters is 2. The number of benzene rings is 2.